The van der Waals surface area contributed by atoms with Gasteiger partial charge in [0.25, 0.3) is 5.56 Å². The van der Waals surface area contributed by atoms with Crippen LogP contribution in [0.25, 0.3) is 21.9 Å². The average Bonchev–Trinajstić information content (AvgIpc) is 3.15. The second-order valence-corrected chi connectivity index (χ2v) is 8.50. The Labute approximate surface area is 165 Å². The fourth-order valence-electron chi connectivity index (χ4n) is 4.26. The Morgan fingerprint density at radius 3 is 2.71 bits per heavy atom. The van der Waals surface area contributed by atoms with E-state index in [1.165, 1.54) is 23.9 Å². The summed E-state index contributed by atoms with van der Waals surface area (Å²) in [7, 11) is 0. The van der Waals surface area contributed by atoms with Gasteiger partial charge in [-0.2, -0.15) is 0 Å². The van der Waals surface area contributed by atoms with E-state index in [0.717, 1.165) is 44.5 Å². The first-order valence-corrected chi connectivity index (χ1v) is 10.7. The van der Waals surface area contributed by atoms with Gasteiger partial charge in [-0.3, -0.25) is 14.2 Å². The highest BCUT2D eigenvalue weighted by atomic mass is 32.2. The Kier molecular flexibility index (Phi) is 4.38. The first kappa shape index (κ1) is 17.7. The van der Waals surface area contributed by atoms with Crippen molar-refractivity contribution in [1.29, 1.82) is 0 Å². The molecule has 2 aliphatic heterocycles. The third-order valence-corrected chi connectivity index (χ3v) is 6.64. The largest absolute Gasteiger partial charge is 0.341 e. The Bertz CT molecular complexity index is 1140. The van der Waals surface area contributed by atoms with Crippen molar-refractivity contribution in [2.75, 3.05) is 18.8 Å². The van der Waals surface area contributed by atoms with Gasteiger partial charge in [0.15, 0.2) is 5.16 Å². The molecule has 3 aromatic rings. The molecule has 0 bridgehead atoms. The number of amides is 1. The number of likely N-dealkylation sites (tertiary alicyclic amines) is 1. The van der Waals surface area contributed by atoms with Crippen LogP contribution in [0.4, 0.5) is 4.39 Å². The van der Waals surface area contributed by atoms with Crippen LogP contribution >= 0.6 is 11.8 Å². The molecule has 0 radical (unpaired) electrons. The Morgan fingerprint density at radius 2 is 1.93 bits per heavy atom. The van der Waals surface area contributed by atoms with E-state index in [0.29, 0.717) is 33.6 Å². The number of rotatable bonds is 2. The summed E-state index contributed by atoms with van der Waals surface area (Å²) in [5.74, 6) is 0.429. The van der Waals surface area contributed by atoms with Crippen LogP contribution < -0.4 is 5.56 Å². The van der Waals surface area contributed by atoms with E-state index < -0.39 is 0 Å². The molecule has 1 amide bonds. The number of benzene rings is 1. The summed E-state index contributed by atoms with van der Waals surface area (Å²) in [5, 5.41) is 1.26. The van der Waals surface area contributed by atoms with Crippen LogP contribution in [0, 0.1) is 5.82 Å². The molecule has 2 aliphatic rings. The van der Waals surface area contributed by atoms with Gasteiger partial charge in [0.05, 0.1) is 5.52 Å². The normalized spacial score (nSPS) is 17.2. The molecule has 4 heterocycles. The van der Waals surface area contributed by atoms with E-state index in [9.17, 15) is 14.0 Å². The van der Waals surface area contributed by atoms with Crippen LogP contribution in [-0.2, 0) is 17.9 Å². The van der Waals surface area contributed by atoms with E-state index in [4.69, 9.17) is 0 Å². The minimum atomic E-state index is -0.375. The lowest BCUT2D eigenvalue weighted by atomic mass is 10.2. The molecular formula is C20H21FN4O2S. The molecule has 28 heavy (non-hydrogen) atoms. The fraction of sp³-hybridized carbons (Fsp3) is 0.450. The molecule has 6 nitrogen and oxygen atoms in total. The minimum absolute atomic E-state index is 0.00398. The van der Waals surface area contributed by atoms with Crippen molar-refractivity contribution in [3.05, 3.63) is 34.4 Å². The highest BCUT2D eigenvalue weighted by molar-refractivity contribution is 7.99. The monoisotopic (exact) mass is 400 g/mol. The minimum Gasteiger partial charge on any atom is -0.341 e. The van der Waals surface area contributed by atoms with Gasteiger partial charge < -0.3 is 9.47 Å². The number of thioether (sulfide) groups is 1. The quantitative estimate of drug-likeness (QED) is 0.621. The average molecular weight is 400 g/mol. The number of carbonyl (C=O) groups is 1. The summed E-state index contributed by atoms with van der Waals surface area (Å²) in [6.07, 6.45) is 4.32. The summed E-state index contributed by atoms with van der Waals surface area (Å²) in [6.45, 7) is 2.20. The van der Waals surface area contributed by atoms with Crippen LogP contribution in [-0.4, -0.2) is 43.8 Å². The third-order valence-electron chi connectivity index (χ3n) is 5.68. The van der Waals surface area contributed by atoms with E-state index in [2.05, 4.69) is 4.98 Å². The van der Waals surface area contributed by atoms with Crippen molar-refractivity contribution in [2.45, 2.75) is 43.9 Å². The summed E-state index contributed by atoms with van der Waals surface area (Å²) in [6, 6.07) is 4.42. The second-order valence-electron chi connectivity index (χ2n) is 7.44. The van der Waals surface area contributed by atoms with Crippen LogP contribution in [0.15, 0.2) is 28.2 Å². The number of hydrogen-bond acceptors (Lipinski definition) is 4. The van der Waals surface area contributed by atoms with E-state index in [1.807, 2.05) is 4.90 Å². The van der Waals surface area contributed by atoms with Gasteiger partial charge in [0, 0.05) is 30.8 Å². The number of hydrogen-bond donors (Lipinski definition) is 0. The smallest absolute Gasteiger partial charge is 0.278 e. The molecule has 0 unspecified atom stereocenters. The summed E-state index contributed by atoms with van der Waals surface area (Å²) < 4.78 is 17.3. The molecule has 0 spiro atoms. The molecule has 0 aliphatic carbocycles. The lowest BCUT2D eigenvalue weighted by Gasteiger charge is -2.21. The van der Waals surface area contributed by atoms with E-state index >= 15 is 0 Å². The van der Waals surface area contributed by atoms with Gasteiger partial charge in [0.2, 0.25) is 5.91 Å². The summed E-state index contributed by atoms with van der Waals surface area (Å²) >= 11 is 1.53. The SMILES string of the molecule is O=C(Cn1c2ccc(F)cc2c2nc3n(c(=O)c21)CCS3)N1CCCCCC1. The Balaban J connectivity index is 1.68. The number of aromatic nitrogens is 3. The first-order chi connectivity index (χ1) is 13.6. The molecule has 8 heteroatoms. The summed E-state index contributed by atoms with van der Waals surface area (Å²) in [4.78, 5) is 32.7. The molecule has 1 saturated heterocycles. The van der Waals surface area contributed by atoms with Gasteiger partial charge in [-0.25, -0.2) is 9.37 Å². The fourth-order valence-corrected chi connectivity index (χ4v) is 5.21. The van der Waals surface area contributed by atoms with Crippen molar-refractivity contribution in [1.82, 2.24) is 19.0 Å². The number of halogens is 1. The Hall–Kier alpha value is -2.35. The van der Waals surface area contributed by atoms with Gasteiger partial charge in [-0.05, 0) is 31.0 Å². The van der Waals surface area contributed by atoms with Crippen molar-refractivity contribution < 1.29 is 9.18 Å². The molecule has 0 N–H and O–H groups in total. The zero-order valence-electron chi connectivity index (χ0n) is 15.5. The molecular weight excluding hydrogens is 379 g/mol. The maximum atomic E-state index is 13.9. The lowest BCUT2D eigenvalue weighted by Crippen LogP contribution is -2.35. The predicted octanol–water partition coefficient (Wildman–Crippen LogP) is 3.00. The summed E-state index contributed by atoms with van der Waals surface area (Å²) in [5.41, 5.74) is 1.42. The number of fused-ring (bicyclic) bond motifs is 4. The van der Waals surface area contributed by atoms with Crippen molar-refractivity contribution in [2.24, 2.45) is 0 Å². The van der Waals surface area contributed by atoms with Crippen LogP contribution in [0.1, 0.15) is 25.7 Å². The van der Waals surface area contributed by atoms with Gasteiger partial charge >= 0.3 is 0 Å². The molecule has 1 fully saturated rings. The van der Waals surface area contributed by atoms with Crippen molar-refractivity contribution >= 4 is 39.6 Å². The number of carbonyl (C=O) groups excluding carboxylic acids is 1. The van der Waals surface area contributed by atoms with Gasteiger partial charge in [-0.15, -0.1) is 0 Å². The third kappa shape index (κ3) is 2.82. The molecule has 1 aromatic carbocycles. The van der Waals surface area contributed by atoms with E-state index in [-0.39, 0.29) is 23.8 Å². The standard InChI is InChI=1S/C20H21FN4O2S/c21-13-5-6-15-14(11-13)17-18(19(27)24-9-10-28-20(24)22-17)25(15)12-16(26)23-7-3-1-2-4-8-23/h5-6,11H,1-4,7-10,12H2. The highest BCUT2D eigenvalue weighted by Crippen LogP contribution is 2.30. The van der Waals surface area contributed by atoms with Crippen LogP contribution in [0.2, 0.25) is 0 Å². The van der Waals surface area contributed by atoms with Crippen LogP contribution in [0.3, 0.4) is 0 Å². The lowest BCUT2D eigenvalue weighted by molar-refractivity contribution is -0.131. The topological polar surface area (TPSA) is 60.1 Å². The molecule has 0 atom stereocenters. The molecule has 2 aromatic heterocycles. The maximum absolute atomic E-state index is 13.9. The molecule has 0 saturated carbocycles. The first-order valence-electron chi connectivity index (χ1n) is 9.76. The highest BCUT2D eigenvalue weighted by Gasteiger charge is 2.25. The zero-order valence-corrected chi connectivity index (χ0v) is 16.3. The predicted molar refractivity (Wildman–Crippen MR) is 107 cm³/mol. The maximum Gasteiger partial charge on any atom is 0.278 e. The van der Waals surface area contributed by atoms with Gasteiger partial charge in [-0.1, -0.05) is 24.6 Å². The van der Waals surface area contributed by atoms with E-state index in [1.54, 1.807) is 15.2 Å². The second kappa shape index (κ2) is 6.92. The van der Waals surface area contributed by atoms with Crippen molar-refractivity contribution in [3.8, 4) is 0 Å². The number of nitrogens with zero attached hydrogens (tertiary/aromatic N) is 4. The van der Waals surface area contributed by atoms with Gasteiger partial charge in [0.1, 0.15) is 23.4 Å². The molecule has 5 rings (SSSR count). The zero-order chi connectivity index (χ0) is 19.3. The Morgan fingerprint density at radius 1 is 1.14 bits per heavy atom. The molecule has 146 valence electrons. The van der Waals surface area contributed by atoms with Crippen molar-refractivity contribution in [3.63, 3.8) is 0 Å². The van der Waals surface area contributed by atoms with Crippen LogP contribution in [0.5, 0.6) is 0 Å².